The van der Waals surface area contributed by atoms with Crippen LogP contribution in [0.3, 0.4) is 0 Å². The molecule has 0 spiro atoms. The van der Waals surface area contributed by atoms with E-state index < -0.39 is 0 Å². The fraction of sp³-hybridized carbons (Fsp3) is 0.429. The molecule has 0 aliphatic carbocycles. The number of unbranched alkanes of at least 4 members (excludes halogenated alkanes) is 1. The van der Waals surface area contributed by atoms with Gasteiger partial charge in [0.2, 0.25) is 0 Å². The second-order valence-corrected chi connectivity index (χ2v) is 4.38. The summed E-state index contributed by atoms with van der Waals surface area (Å²) in [6.45, 7) is 8.41. The molecule has 0 saturated heterocycles. The van der Waals surface area contributed by atoms with E-state index in [-0.39, 0.29) is 12.4 Å². The van der Waals surface area contributed by atoms with Crippen molar-refractivity contribution in [3.8, 4) is 0 Å². The molecule has 0 aliphatic rings. The summed E-state index contributed by atoms with van der Waals surface area (Å²) in [6, 6.07) is 10.6. The van der Waals surface area contributed by atoms with Crippen LogP contribution in [0.1, 0.15) is 25.3 Å². The smallest absolute Gasteiger partial charge is 0.108 e. The maximum Gasteiger partial charge on any atom is 0.108 e. The van der Waals surface area contributed by atoms with Crippen molar-refractivity contribution in [2.45, 2.75) is 26.3 Å². The van der Waals surface area contributed by atoms with Crippen LogP contribution < -0.4 is 12.4 Å². The lowest BCUT2D eigenvalue weighted by atomic mass is 10.2. The van der Waals surface area contributed by atoms with E-state index in [1.165, 1.54) is 24.9 Å². The number of hydrogen-bond acceptors (Lipinski definition) is 0. The van der Waals surface area contributed by atoms with Crippen LogP contribution in [0.5, 0.6) is 0 Å². The molecule has 1 nitrogen and oxygen atoms in total. The summed E-state index contributed by atoms with van der Waals surface area (Å²) in [5, 5.41) is 0. The third-order valence-electron chi connectivity index (χ3n) is 2.85. The first-order valence-electron chi connectivity index (χ1n) is 5.72. The molecule has 1 aromatic rings. The highest BCUT2D eigenvalue weighted by Crippen LogP contribution is 2.13. The monoisotopic (exact) mass is 239 g/mol. The number of benzene rings is 1. The summed E-state index contributed by atoms with van der Waals surface area (Å²) >= 11 is 0. The van der Waals surface area contributed by atoms with Gasteiger partial charge in [-0.15, -0.1) is 0 Å². The average molecular weight is 240 g/mol. The maximum absolute atomic E-state index is 3.95. The van der Waals surface area contributed by atoms with E-state index in [9.17, 15) is 0 Å². The predicted octanol–water partition coefficient (Wildman–Crippen LogP) is 0.581. The zero-order valence-electron chi connectivity index (χ0n) is 10.3. The van der Waals surface area contributed by atoms with Crippen molar-refractivity contribution in [2.75, 3.05) is 13.6 Å². The molecule has 0 saturated carbocycles. The number of rotatable bonds is 6. The predicted molar refractivity (Wildman–Crippen MR) is 66.3 cm³/mol. The molecule has 1 atom stereocenters. The number of halogens is 1. The zero-order chi connectivity index (χ0) is 11.1. The van der Waals surface area contributed by atoms with Crippen LogP contribution in [0.15, 0.2) is 43.1 Å². The van der Waals surface area contributed by atoms with Gasteiger partial charge in [0, 0.05) is 5.56 Å². The van der Waals surface area contributed by atoms with Crippen molar-refractivity contribution in [2.24, 2.45) is 0 Å². The molecule has 0 heterocycles. The first kappa shape index (κ1) is 15.2. The quantitative estimate of drug-likeness (QED) is 0.638. The molecule has 0 amide bonds. The van der Waals surface area contributed by atoms with Crippen LogP contribution >= 0.6 is 0 Å². The number of hydrogen-bond donors (Lipinski definition) is 0. The van der Waals surface area contributed by atoms with Gasteiger partial charge in [-0.2, -0.15) is 0 Å². The highest BCUT2D eigenvalue weighted by atomic mass is 35.5. The number of nitrogens with zero attached hydrogens (tertiary/aromatic N) is 1. The number of quaternary nitrogens is 1. The van der Waals surface area contributed by atoms with Gasteiger partial charge in [-0.05, 0) is 13.0 Å². The third kappa shape index (κ3) is 4.82. The van der Waals surface area contributed by atoms with Gasteiger partial charge in [0.25, 0.3) is 0 Å². The highest BCUT2D eigenvalue weighted by Gasteiger charge is 2.17. The Morgan fingerprint density at radius 3 is 2.38 bits per heavy atom. The van der Waals surface area contributed by atoms with Crippen LogP contribution in [-0.4, -0.2) is 18.1 Å². The molecule has 0 N–H and O–H groups in total. The standard InChI is InChI=1S/C14H22N.ClH/c1-4-6-12-15(3,5-2)13-14-10-8-7-9-11-14;/h5,7-11H,2,4,6,12-13H2,1,3H3;1H/q+1;/p-1. The molecule has 0 fully saturated rings. The molecule has 1 unspecified atom stereocenters. The van der Waals surface area contributed by atoms with Crippen LogP contribution in [0.4, 0.5) is 0 Å². The van der Waals surface area contributed by atoms with Gasteiger partial charge >= 0.3 is 0 Å². The van der Waals surface area contributed by atoms with Crippen LogP contribution in [0, 0.1) is 0 Å². The molecular weight excluding hydrogens is 218 g/mol. The fourth-order valence-electron chi connectivity index (χ4n) is 1.75. The van der Waals surface area contributed by atoms with E-state index in [4.69, 9.17) is 0 Å². The molecule has 1 aromatic carbocycles. The minimum Gasteiger partial charge on any atom is -1.00 e. The summed E-state index contributed by atoms with van der Waals surface area (Å²) < 4.78 is 0.928. The van der Waals surface area contributed by atoms with Gasteiger partial charge < -0.3 is 12.4 Å². The van der Waals surface area contributed by atoms with Crippen molar-refractivity contribution in [1.29, 1.82) is 0 Å². The molecule has 2 heteroatoms. The second kappa shape index (κ2) is 7.48. The van der Waals surface area contributed by atoms with Crippen molar-refractivity contribution in [1.82, 2.24) is 0 Å². The molecule has 90 valence electrons. The van der Waals surface area contributed by atoms with Crippen molar-refractivity contribution in [3.63, 3.8) is 0 Å². The first-order chi connectivity index (χ1) is 7.20. The van der Waals surface area contributed by atoms with E-state index in [1.54, 1.807) is 0 Å². The van der Waals surface area contributed by atoms with Crippen LogP contribution in [-0.2, 0) is 6.54 Å². The van der Waals surface area contributed by atoms with Crippen LogP contribution in [0.2, 0.25) is 0 Å². The van der Waals surface area contributed by atoms with E-state index in [2.05, 4.69) is 57.1 Å². The minimum absolute atomic E-state index is 0. The minimum atomic E-state index is 0. The lowest BCUT2D eigenvalue weighted by Gasteiger charge is -2.30. The average Bonchev–Trinajstić information content (AvgIpc) is 2.28. The first-order valence-corrected chi connectivity index (χ1v) is 5.72. The fourth-order valence-corrected chi connectivity index (χ4v) is 1.75. The van der Waals surface area contributed by atoms with E-state index >= 15 is 0 Å². The zero-order valence-corrected chi connectivity index (χ0v) is 11.1. The summed E-state index contributed by atoms with van der Waals surface area (Å²) in [5.41, 5.74) is 1.39. The van der Waals surface area contributed by atoms with Gasteiger partial charge in [-0.1, -0.05) is 43.7 Å². The van der Waals surface area contributed by atoms with Crippen molar-refractivity contribution >= 4 is 0 Å². The lowest BCUT2D eigenvalue weighted by molar-refractivity contribution is -0.873. The summed E-state index contributed by atoms with van der Waals surface area (Å²) in [6.07, 6.45) is 4.56. The molecule has 1 rings (SSSR count). The van der Waals surface area contributed by atoms with E-state index in [0.29, 0.717) is 0 Å². The molecule has 0 aliphatic heterocycles. The molecule has 0 aromatic heterocycles. The van der Waals surface area contributed by atoms with Gasteiger partial charge in [0.1, 0.15) is 6.54 Å². The molecule has 0 radical (unpaired) electrons. The van der Waals surface area contributed by atoms with Crippen LogP contribution in [0.25, 0.3) is 0 Å². The second-order valence-electron chi connectivity index (χ2n) is 4.38. The molecule has 16 heavy (non-hydrogen) atoms. The van der Waals surface area contributed by atoms with Gasteiger partial charge in [-0.3, -0.25) is 4.48 Å². The van der Waals surface area contributed by atoms with E-state index in [0.717, 1.165) is 11.0 Å². The summed E-state index contributed by atoms with van der Waals surface area (Å²) in [5.74, 6) is 0. The summed E-state index contributed by atoms with van der Waals surface area (Å²) in [7, 11) is 2.25. The topological polar surface area (TPSA) is 0 Å². The Labute approximate surface area is 106 Å². The Bertz CT molecular complexity index is 297. The lowest BCUT2D eigenvalue weighted by Crippen LogP contribution is -3.00. The van der Waals surface area contributed by atoms with Crippen molar-refractivity contribution in [3.05, 3.63) is 48.7 Å². The Kier molecular flexibility index (Phi) is 7.11. The largest absolute Gasteiger partial charge is 1.00 e. The Balaban J connectivity index is 0.00000225. The third-order valence-corrected chi connectivity index (χ3v) is 2.85. The normalized spacial score (nSPS) is 13.6. The SMILES string of the molecule is C=C[N+](C)(CCCC)Cc1ccccc1.[Cl-]. The van der Waals surface area contributed by atoms with Gasteiger partial charge in [-0.25, -0.2) is 0 Å². The highest BCUT2D eigenvalue weighted by molar-refractivity contribution is 5.13. The van der Waals surface area contributed by atoms with Gasteiger partial charge in [0.05, 0.1) is 19.8 Å². The Hall–Kier alpha value is -0.790. The Morgan fingerprint density at radius 2 is 1.88 bits per heavy atom. The molecule has 0 bridgehead atoms. The van der Waals surface area contributed by atoms with Gasteiger partial charge in [0.15, 0.2) is 0 Å². The van der Waals surface area contributed by atoms with E-state index in [1.807, 2.05) is 0 Å². The maximum atomic E-state index is 3.95. The van der Waals surface area contributed by atoms with Crippen molar-refractivity contribution < 1.29 is 16.9 Å². The Morgan fingerprint density at radius 1 is 1.25 bits per heavy atom. The summed E-state index contributed by atoms with van der Waals surface area (Å²) in [4.78, 5) is 0. The molecular formula is C14H22ClN.